The van der Waals surface area contributed by atoms with Gasteiger partial charge in [-0.3, -0.25) is 4.79 Å². The molecule has 0 saturated heterocycles. The minimum absolute atomic E-state index is 0.170. The number of amides is 1. The maximum absolute atomic E-state index is 12.0. The molecule has 0 fully saturated rings. The Morgan fingerprint density at radius 3 is 2.67 bits per heavy atom. The molecule has 4 heteroatoms. The van der Waals surface area contributed by atoms with Crippen LogP contribution in [0.1, 0.15) is 12.0 Å². The predicted octanol–water partition coefficient (Wildman–Crippen LogP) is 2.63. The molecule has 2 N–H and O–H groups in total. The van der Waals surface area contributed by atoms with E-state index in [0.29, 0.717) is 19.6 Å². The van der Waals surface area contributed by atoms with E-state index in [1.165, 1.54) is 0 Å². The van der Waals surface area contributed by atoms with Crippen LogP contribution >= 0.6 is 0 Å². The lowest BCUT2D eigenvalue weighted by molar-refractivity contribution is -0.117. The molecule has 2 aromatic rings. The molecular weight excluding hydrogens is 264 g/mol. The van der Waals surface area contributed by atoms with Crippen molar-refractivity contribution in [2.24, 2.45) is 0 Å². The molecule has 3 rings (SSSR count). The van der Waals surface area contributed by atoms with E-state index < -0.39 is 0 Å². The summed E-state index contributed by atoms with van der Waals surface area (Å²) in [5, 5.41) is 0. The zero-order valence-electron chi connectivity index (χ0n) is 11.8. The molecule has 0 unspecified atom stereocenters. The van der Waals surface area contributed by atoms with E-state index in [1.807, 2.05) is 53.4 Å². The number of ether oxygens (including phenoxy) is 1. The highest BCUT2D eigenvalue weighted by atomic mass is 16.5. The van der Waals surface area contributed by atoms with Gasteiger partial charge in [-0.15, -0.1) is 0 Å². The number of fused-ring (bicyclic) bond motifs is 1. The average Bonchev–Trinajstić information content (AvgIpc) is 2.81. The zero-order chi connectivity index (χ0) is 14.7. The molecule has 2 aromatic carbocycles. The summed E-state index contributed by atoms with van der Waals surface area (Å²) in [5.74, 6) is 0.973. The SMILES string of the molecule is Nc1ccc(OCCCN2C(=O)Cc3ccccc32)cc1. The van der Waals surface area contributed by atoms with Gasteiger partial charge in [0.2, 0.25) is 5.91 Å². The van der Waals surface area contributed by atoms with Gasteiger partial charge in [0.25, 0.3) is 0 Å². The number of rotatable bonds is 5. The molecule has 4 nitrogen and oxygen atoms in total. The number of nitrogens with two attached hydrogens (primary N) is 1. The van der Waals surface area contributed by atoms with E-state index in [9.17, 15) is 4.79 Å². The molecular formula is C17H18N2O2. The first-order valence-corrected chi connectivity index (χ1v) is 7.10. The topological polar surface area (TPSA) is 55.6 Å². The monoisotopic (exact) mass is 282 g/mol. The molecule has 0 aromatic heterocycles. The van der Waals surface area contributed by atoms with Gasteiger partial charge in [-0.05, 0) is 42.3 Å². The third kappa shape index (κ3) is 2.99. The Bertz CT molecular complexity index is 637. The summed E-state index contributed by atoms with van der Waals surface area (Å²) in [6.45, 7) is 1.26. The Kier molecular flexibility index (Phi) is 3.77. The van der Waals surface area contributed by atoms with Crippen LogP contribution in [-0.4, -0.2) is 19.1 Å². The van der Waals surface area contributed by atoms with Crippen LogP contribution in [0.5, 0.6) is 5.75 Å². The number of carbonyl (C=O) groups is 1. The molecule has 0 aliphatic carbocycles. The smallest absolute Gasteiger partial charge is 0.231 e. The normalized spacial score (nSPS) is 13.3. The first-order valence-electron chi connectivity index (χ1n) is 7.10. The summed E-state index contributed by atoms with van der Waals surface area (Å²) in [6, 6.07) is 15.3. The first-order chi connectivity index (χ1) is 10.2. The molecule has 1 aliphatic heterocycles. The molecule has 0 radical (unpaired) electrons. The number of anilines is 2. The Balaban J connectivity index is 1.52. The number of hydrogen-bond donors (Lipinski definition) is 1. The highest BCUT2D eigenvalue weighted by Crippen LogP contribution is 2.28. The van der Waals surface area contributed by atoms with E-state index in [2.05, 4.69) is 0 Å². The Morgan fingerprint density at radius 1 is 1.10 bits per heavy atom. The van der Waals surface area contributed by atoms with Crippen LogP contribution in [0, 0.1) is 0 Å². The zero-order valence-corrected chi connectivity index (χ0v) is 11.8. The standard InChI is InChI=1S/C17H18N2O2/c18-14-6-8-15(9-7-14)21-11-3-10-19-16-5-2-1-4-13(16)12-17(19)20/h1-2,4-9H,3,10-12,18H2. The van der Waals surface area contributed by atoms with Crippen molar-refractivity contribution in [2.75, 3.05) is 23.8 Å². The molecule has 1 heterocycles. The third-order valence-corrected chi connectivity index (χ3v) is 3.60. The van der Waals surface area contributed by atoms with Crippen molar-refractivity contribution in [1.29, 1.82) is 0 Å². The van der Waals surface area contributed by atoms with Gasteiger partial charge >= 0.3 is 0 Å². The fourth-order valence-corrected chi connectivity index (χ4v) is 2.54. The van der Waals surface area contributed by atoms with E-state index in [4.69, 9.17) is 10.5 Å². The molecule has 0 saturated carbocycles. The first kappa shape index (κ1) is 13.5. The second kappa shape index (κ2) is 5.87. The lowest BCUT2D eigenvalue weighted by Gasteiger charge is -2.17. The van der Waals surface area contributed by atoms with Gasteiger partial charge in [-0.2, -0.15) is 0 Å². The van der Waals surface area contributed by atoms with Crippen molar-refractivity contribution < 1.29 is 9.53 Å². The van der Waals surface area contributed by atoms with Crippen molar-refractivity contribution in [1.82, 2.24) is 0 Å². The summed E-state index contributed by atoms with van der Waals surface area (Å²) in [5.41, 5.74) is 8.50. The van der Waals surface area contributed by atoms with Gasteiger partial charge < -0.3 is 15.4 Å². The second-order valence-corrected chi connectivity index (χ2v) is 5.12. The van der Waals surface area contributed by atoms with Crippen LogP contribution in [0.15, 0.2) is 48.5 Å². The Hall–Kier alpha value is -2.49. The Morgan fingerprint density at radius 2 is 1.86 bits per heavy atom. The lowest BCUT2D eigenvalue weighted by Crippen LogP contribution is -2.28. The highest BCUT2D eigenvalue weighted by molar-refractivity contribution is 6.01. The summed E-state index contributed by atoms with van der Waals surface area (Å²) in [4.78, 5) is 13.9. The van der Waals surface area contributed by atoms with Crippen LogP contribution < -0.4 is 15.4 Å². The maximum Gasteiger partial charge on any atom is 0.231 e. The summed E-state index contributed by atoms with van der Waals surface area (Å²) in [6.07, 6.45) is 1.31. The molecule has 21 heavy (non-hydrogen) atoms. The Labute approximate surface area is 124 Å². The largest absolute Gasteiger partial charge is 0.494 e. The van der Waals surface area contributed by atoms with Crippen molar-refractivity contribution in [3.05, 3.63) is 54.1 Å². The number of hydrogen-bond acceptors (Lipinski definition) is 3. The van der Waals surface area contributed by atoms with E-state index in [1.54, 1.807) is 0 Å². The number of carbonyl (C=O) groups excluding carboxylic acids is 1. The van der Waals surface area contributed by atoms with Crippen LogP contribution in [0.2, 0.25) is 0 Å². The second-order valence-electron chi connectivity index (χ2n) is 5.12. The van der Waals surface area contributed by atoms with E-state index >= 15 is 0 Å². The minimum Gasteiger partial charge on any atom is -0.494 e. The van der Waals surface area contributed by atoms with Crippen LogP contribution in [0.4, 0.5) is 11.4 Å². The van der Waals surface area contributed by atoms with Crippen LogP contribution in [0.3, 0.4) is 0 Å². The highest BCUT2D eigenvalue weighted by Gasteiger charge is 2.25. The summed E-state index contributed by atoms with van der Waals surface area (Å²) in [7, 11) is 0. The fraction of sp³-hybridized carbons (Fsp3) is 0.235. The van der Waals surface area contributed by atoms with Gasteiger partial charge in [0.15, 0.2) is 0 Å². The number of nitrogen functional groups attached to an aromatic ring is 1. The van der Waals surface area contributed by atoms with Gasteiger partial charge in [0, 0.05) is 17.9 Å². The molecule has 0 bridgehead atoms. The number of para-hydroxylation sites is 1. The number of nitrogens with zero attached hydrogens (tertiary/aromatic N) is 1. The van der Waals surface area contributed by atoms with E-state index in [-0.39, 0.29) is 5.91 Å². The molecule has 108 valence electrons. The third-order valence-electron chi connectivity index (χ3n) is 3.60. The fourth-order valence-electron chi connectivity index (χ4n) is 2.54. The van der Waals surface area contributed by atoms with E-state index in [0.717, 1.165) is 29.1 Å². The van der Waals surface area contributed by atoms with Gasteiger partial charge in [0.1, 0.15) is 5.75 Å². The quantitative estimate of drug-likeness (QED) is 0.677. The molecule has 0 spiro atoms. The van der Waals surface area contributed by atoms with Crippen molar-refractivity contribution in [3.8, 4) is 5.75 Å². The van der Waals surface area contributed by atoms with Gasteiger partial charge in [-0.1, -0.05) is 18.2 Å². The minimum atomic E-state index is 0.170. The average molecular weight is 282 g/mol. The summed E-state index contributed by atoms with van der Waals surface area (Å²) < 4.78 is 5.65. The predicted molar refractivity (Wildman–Crippen MR) is 83.5 cm³/mol. The van der Waals surface area contributed by atoms with Gasteiger partial charge in [0.05, 0.1) is 13.0 Å². The molecule has 0 atom stereocenters. The molecule has 1 aliphatic rings. The lowest BCUT2D eigenvalue weighted by atomic mass is 10.2. The van der Waals surface area contributed by atoms with Crippen molar-refractivity contribution >= 4 is 17.3 Å². The summed E-state index contributed by atoms with van der Waals surface area (Å²) >= 11 is 0. The van der Waals surface area contributed by atoms with Crippen molar-refractivity contribution in [3.63, 3.8) is 0 Å². The maximum atomic E-state index is 12.0. The van der Waals surface area contributed by atoms with Crippen LogP contribution in [0.25, 0.3) is 0 Å². The molecule has 1 amide bonds. The number of benzene rings is 2. The van der Waals surface area contributed by atoms with Crippen LogP contribution in [-0.2, 0) is 11.2 Å². The van der Waals surface area contributed by atoms with Crippen molar-refractivity contribution in [2.45, 2.75) is 12.8 Å². The van der Waals surface area contributed by atoms with Gasteiger partial charge in [-0.25, -0.2) is 0 Å².